The molecule has 1 atom stereocenters. The first kappa shape index (κ1) is 23.2. The standard InChI is InChI=1S/C18H34N4O.HI/c1-4-15(3)22-17(23)12-14-21-18(19-5-2)20-13-11-16-9-7-6-8-10-16;/h9,15H,4-8,10-14H2,1-3H3,(H,22,23)(H2,19,20,21);1H. The Labute approximate surface area is 164 Å². The highest BCUT2D eigenvalue weighted by Crippen LogP contribution is 2.19. The van der Waals surface area contributed by atoms with Gasteiger partial charge in [0.25, 0.3) is 0 Å². The van der Waals surface area contributed by atoms with Gasteiger partial charge < -0.3 is 16.0 Å². The molecule has 1 aliphatic rings. The molecule has 0 aromatic carbocycles. The van der Waals surface area contributed by atoms with E-state index in [1.165, 1.54) is 25.7 Å². The molecule has 24 heavy (non-hydrogen) atoms. The predicted molar refractivity (Wildman–Crippen MR) is 113 cm³/mol. The van der Waals surface area contributed by atoms with Crippen LogP contribution in [0.5, 0.6) is 0 Å². The van der Waals surface area contributed by atoms with E-state index in [2.05, 4.69) is 40.9 Å². The number of hydrogen-bond acceptors (Lipinski definition) is 2. The molecule has 0 bridgehead atoms. The van der Waals surface area contributed by atoms with Crippen molar-refractivity contribution in [2.24, 2.45) is 4.99 Å². The fourth-order valence-corrected chi connectivity index (χ4v) is 2.53. The van der Waals surface area contributed by atoms with Crippen LogP contribution in [0.25, 0.3) is 0 Å². The van der Waals surface area contributed by atoms with Crippen molar-refractivity contribution in [1.82, 2.24) is 16.0 Å². The summed E-state index contributed by atoms with van der Waals surface area (Å²) in [6.45, 7) is 8.38. The minimum atomic E-state index is 0. The van der Waals surface area contributed by atoms with E-state index in [9.17, 15) is 4.79 Å². The van der Waals surface area contributed by atoms with E-state index in [0.29, 0.717) is 13.0 Å². The Balaban J connectivity index is 0.00000529. The molecule has 1 rings (SSSR count). The zero-order valence-corrected chi connectivity index (χ0v) is 17.8. The van der Waals surface area contributed by atoms with Crippen molar-refractivity contribution in [2.75, 3.05) is 19.6 Å². The van der Waals surface area contributed by atoms with Crippen molar-refractivity contribution in [1.29, 1.82) is 0 Å². The smallest absolute Gasteiger partial charge is 0.222 e. The highest BCUT2D eigenvalue weighted by Gasteiger charge is 2.06. The highest BCUT2D eigenvalue weighted by molar-refractivity contribution is 14.0. The van der Waals surface area contributed by atoms with E-state index >= 15 is 0 Å². The molecule has 0 radical (unpaired) electrons. The largest absolute Gasteiger partial charge is 0.357 e. The molecule has 1 unspecified atom stereocenters. The number of rotatable bonds is 9. The highest BCUT2D eigenvalue weighted by atomic mass is 127. The van der Waals surface area contributed by atoms with Crippen LogP contribution >= 0.6 is 24.0 Å². The molecule has 0 heterocycles. The van der Waals surface area contributed by atoms with E-state index in [0.717, 1.165) is 31.9 Å². The Morgan fingerprint density at radius 1 is 1.29 bits per heavy atom. The van der Waals surface area contributed by atoms with Gasteiger partial charge in [0.1, 0.15) is 0 Å². The fourth-order valence-electron chi connectivity index (χ4n) is 2.53. The summed E-state index contributed by atoms with van der Waals surface area (Å²) < 4.78 is 0. The van der Waals surface area contributed by atoms with Gasteiger partial charge in [0, 0.05) is 25.6 Å². The summed E-state index contributed by atoms with van der Waals surface area (Å²) in [4.78, 5) is 16.2. The topological polar surface area (TPSA) is 65.5 Å². The minimum absolute atomic E-state index is 0. The van der Waals surface area contributed by atoms with Crippen molar-refractivity contribution in [3.05, 3.63) is 11.6 Å². The van der Waals surface area contributed by atoms with Crippen molar-refractivity contribution in [3.63, 3.8) is 0 Å². The monoisotopic (exact) mass is 450 g/mol. The summed E-state index contributed by atoms with van der Waals surface area (Å²) in [5.41, 5.74) is 1.56. The molecule has 0 fully saturated rings. The van der Waals surface area contributed by atoms with Crippen LogP contribution in [0.2, 0.25) is 0 Å². The SMILES string of the molecule is CCNC(=NCCC(=O)NC(C)CC)NCCC1=CCCCC1.I. The number of allylic oxidation sites excluding steroid dienone is 1. The number of nitrogens with zero attached hydrogens (tertiary/aromatic N) is 1. The van der Waals surface area contributed by atoms with Gasteiger partial charge in [-0.25, -0.2) is 0 Å². The third-order valence-electron chi connectivity index (χ3n) is 4.10. The molecule has 0 aromatic rings. The summed E-state index contributed by atoms with van der Waals surface area (Å²) in [7, 11) is 0. The first-order valence-corrected chi connectivity index (χ1v) is 9.15. The van der Waals surface area contributed by atoms with E-state index in [1.54, 1.807) is 5.57 Å². The average Bonchev–Trinajstić information content (AvgIpc) is 2.55. The van der Waals surface area contributed by atoms with Crippen LogP contribution in [0.1, 0.15) is 65.7 Å². The second kappa shape index (κ2) is 14.5. The van der Waals surface area contributed by atoms with Gasteiger partial charge in [0.15, 0.2) is 5.96 Å². The first-order valence-electron chi connectivity index (χ1n) is 9.15. The Morgan fingerprint density at radius 2 is 2.08 bits per heavy atom. The molecule has 0 saturated heterocycles. The number of guanidine groups is 1. The van der Waals surface area contributed by atoms with E-state index in [4.69, 9.17) is 0 Å². The maximum Gasteiger partial charge on any atom is 0.222 e. The average molecular weight is 450 g/mol. The molecular formula is C18H35IN4O. The maximum atomic E-state index is 11.7. The summed E-state index contributed by atoms with van der Waals surface area (Å²) >= 11 is 0. The van der Waals surface area contributed by atoms with Gasteiger partial charge in [-0.2, -0.15) is 0 Å². The molecule has 1 aliphatic carbocycles. The molecule has 0 saturated carbocycles. The number of carbonyl (C=O) groups excluding carboxylic acids is 1. The lowest BCUT2D eigenvalue weighted by Crippen LogP contribution is -2.38. The number of hydrogen-bond donors (Lipinski definition) is 3. The number of halogens is 1. The molecule has 140 valence electrons. The zero-order valence-electron chi connectivity index (χ0n) is 15.5. The third-order valence-corrected chi connectivity index (χ3v) is 4.10. The van der Waals surface area contributed by atoms with Gasteiger partial charge in [-0.1, -0.05) is 18.6 Å². The molecule has 5 nitrogen and oxygen atoms in total. The van der Waals surface area contributed by atoms with Gasteiger partial charge in [-0.15, -0.1) is 24.0 Å². The number of aliphatic imine (C=N–C) groups is 1. The molecule has 6 heteroatoms. The summed E-state index contributed by atoms with van der Waals surface area (Å²) in [6, 6.07) is 0.238. The van der Waals surface area contributed by atoms with Crippen LogP contribution in [0.3, 0.4) is 0 Å². The summed E-state index contributed by atoms with van der Waals surface area (Å²) in [5, 5.41) is 9.56. The Kier molecular flexibility index (Phi) is 14.1. The third kappa shape index (κ3) is 10.9. The van der Waals surface area contributed by atoms with Crippen molar-refractivity contribution < 1.29 is 4.79 Å². The lowest BCUT2D eigenvalue weighted by molar-refractivity contribution is -0.121. The molecule has 1 amide bonds. The maximum absolute atomic E-state index is 11.7. The van der Waals surface area contributed by atoms with Crippen LogP contribution in [0, 0.1) is 0 Å². The second-order valence-corrected chi connectivity index (χ2v) is 6.17. The lowest BCUT2D eigenvalue weighted by atomic mass is 9.97. The molecular weight excluding hydrogens is 415 g/mol. The number of amides is 1. The molecule has 0 aromatic heterocycles. The van der Waals surface area contributed by atoms with Crippen LogP contribution in [-0.2, 0) is 4.79 Å². The van der Waals surface area contributed by atoms with E-state index < -0.39 is 0 Å². The molecule has 0 spiro atoms. The quantitative estimate of drug-likeness (QED) is 0.219. The van der Waals surface area contributed by atoms with Crippen LogP contribution in [-0.4, -0.2) is 37.5 Å². The summed E-state index contributed by atoms with van der Waals surface area (Å²) in [6.07, 6.45) is 9.99. The van der Waals surface area contributed by atoms with Gasteiger partial charge in [0.05, 0.1) is 6.54 Å². The first-order chi connectivity index (χ1) is 11.2. The number of carbonyl (C=O) groups is 1. The van der Waals surface area contributed by atoms with Crippen molar-refractivity contribution >= 4 is 35.8 Å². The summed E-state index contributed by atoms with van der Waals surface area (Å²) in [5.74, 6) is 0.881. The van der Waals surface area contributed by atoms with Crippen molar-refractivity contribution in [3.8, 4) is 0 Å². The van der Waals surface area contributed by atoms with Crippen molar-refractivity contribution in [2.45, 2.75) is 71.8 Å². The second-order valence-electron chi connectivity index (χ2n) is 6.17. The lowest BCUT2D eigenvalue weighted by Gasteiger charge is -2.15. The van der Waals surface area contributed by atoms with Gasteiger partial charge in [0.2, 0.25) is 5.91 Å². The normalized spacial score (nSPS) is 15.8. The Morgan fingerprint density at radius 3 is 2.71 bits per heavy atom. The van der Waals surface area contributed by atoms with Gasteiger partial charge in [-0.3, -0.25) is 9.79 Å². The van der Waals surface area contributed by atoms with Crippen LogP contribution < -0.4 is 16.0 Å². The van der Waals surface area contributed by atoms with Crippen LogP contribution in [0.15, 0.2) is 16.6 Å². The minimum Gasteiger partial charge on any atom is -0.357 e. The van der Waals surface area contributed by atoms with Gasteiger partial charge >= 0.3 is 0 Å². The molecule has 3 N–H and O–H groups in total. The van der Waals surface area contributed by atoms with Gasteiger partial charge in [-0.05, 0) is 52.4 Å². The van der Waals surface area contributed by atoms with Crippen LogP contribution in [0.4, 0.5) is 0 Å². The van der Waals surface area contributed by atoms with E-state index in [-0.39, 0.29) is 35.9 Å². The molecule has 0 aliphatic heterocycles. The fraction of sp³-hybridized carbons (Fsp3) is 0.778. The Hall–Kier alpha value is -0.790. The van der Waals surface area contributed by atoms with E-state index in [1.807, 2.05) is 6.92 Å². The zero-order chi connectivity index (χ0) is 16.9. The predicted octanol–water partition coefficient (Wildman–Crippen LogP) is 3.35. The Bertz CT molecular complexity index is 410. The number of nitrogens with one attached hydrogen (secondary N) is 3.